The molecule has 0 saturated heterocycles. The molecule has 0 aliphatic rings. The Labute approximate surface area is 170 Å². The van der Waals surface area contributed by atoms with E-state index in [1.165, 1.54) is 11.3 Å². The number of rotatable bonds is 5. The number of nitrogens with one attached hydrogen (secondary N) is 1. The Balaban J connectivity index is 1.65. The number of carbonyl (C=O) groups excluding carboxylic acids is 1. The minimum Gasteiger partial charge on any atom is -0.497 e. The molecule has 8 heteroatoms. The molecule has 0 bridgehead atoms. The predicted octanol–water partition coefficient (Wildman–Crippen LogP) is 4.77. The summed E-state index contributed by atoms with van der Waals surface area (Å²) in [5, 5.41) is 8.14. The number of hydrogen-bond acceptors (Lipinski definition) is 6. The average Bonchev–Trinajstić information content (AvgIpc) is 3.30. The van der Waals surface area contributed by atoms with Gasteiger partial charge >= 0.3 is 0 Å². The zero-order valence-corrected chi connectivity index (χ0v) is 17.2. The number of aromatic nitrogens is 3. The van der Waals surface area contributed by atoms with Crippen LogP contribution < -0.4 is 10.1 Å². The van der Waals surface area contributed by atoms with Gasteiger partial charge in [0.25, 0.3) is 5.91 Å². The number of amides is 1. The first-order valence-electron chi connectivity index (χ1n) is 8.54. The third kappa shape index (κ3) is 3.61. The van der Waals surface area contributed by atoms with Crippen LogP contribution in [0.2, 0.25) is 0 Å². The molecule has 0 unspecified atom stereocenters. The first-order valence-corrected chi connectivity index (χ1v) is 10.6. The van der Waals surface area contributed by atoms with E-state index in [9.17, 15) is 4.79 Å². The number of thioether (sulfide) groups is 1. The number of anilines is 1. The molecule has 0 aliphatic carbocycles. The van der Waals surface area contributed by atoms with Crippen LogP contribution in [-0.4, -0.2) is 34.0 Å². The lowest BCUT2D eigenvalue weighted by Gasteiger charge is -2.07. The van der Waals surface area contributed by atoms with Crippen LogP contribution in [0.25, 0.3) is 15.3 Å². The summed E-state index contributed by atoms with van der Waals surface area (Å²) in [5.41, 5.74) is 2.22. The smallest absolute Gasteiger partial charge is 0.256 e. The Hall–Kier alpha value is -2.84. The van der Waals surface area contributed by atoms with Gasteiger partial charge in [0.2, 0.25) is 5.13 Å². The number of fused-ring (bicyclic) bond motifs is 1. The molecule has 28 heavy (non-hydrogen) atoms. The SMILES string of the molecule is COc1ccc2sc(-n3nc(C)cc3NC(=O)c3ccc(SC)cc3)nc2c1. The fourth-order valence-electron chi connectivity index (χ4n) is 2.78. The van der Waals surface area contributed by atoms with E-state index in [0.29, 0.717) is 16.5 Å². The van der Waals surface area contributed by atoms with Gasteiger partial charge in [-0.3, -0.25) is 4.79 Å². The van der Waals surface area contributed by atoms with Crippen LogP contribution in [0.15, 0.2) is 53.4 Å². The highest BCUT2D eigenvalue weighted by molar-refractivity contribution is 7.98. The molecule has 0 fully saturated rings. The Kier molecular flexibility index (Phi) is 5.06. The first-order chi connectivity index (χ1) is 13.6. The fourth-order valence-corrected chi connectivity index (χ4v) is 4.10. The largest absolute Gasteiger partial charge is 0.497 e. The molecule has 0 aliphatic heterocycles. The average molecular weight is 411 g/mol. The molecular weight excluding hydrogens is 392 g/mol. The molecule has 0 saturated carbocycles. The van der Waals surface area contributed by atoms with Crippen LogP contribution in [0, 0.1) is 6.92 Å². The van der Waals surface area contributed by atoms with Gasteiger partial charge in [-0.05, 0) is 49.6 Å². The van der Waals surface area contributed by atoms with Crippen molar-refractivity contribution in [1.82, 2.24) is 14.8 Å². The molecule has 142 valence electrons. The van der Waals surface area contributed by atoms with Crippen LogP contribution in [0.3, 0.4) is 0 Å². The summed E-state index contributed by atoms with van der Waals surface area (Å²) in [4.78, 5) is 18.4. The normalized spacial score (nSPS) is 11.0. The zero-order valence-electron chi connectivity index (χ0n) is 15.6. The van der Waals surface area contributed by atoms with Crippen molar-refractivity contribution < 1.29 is 9.53 Å². The highest BCUT2D eigenvalue weighted by Crippen LogP contribution is 2.30. The van der Waals surface area contributed by atoms with Crippen molar-refractivity contribution in [2.24, 2.45) is 0 Å². The molecular formula is C20H18N4O2S2. The minimum atomic E-state index is -0.184. The maximum absolute atomic E-state index is 12.7. The van der Waals surface area contributed by atoms with Crippen LogP contribution in [-0.2, 0) is 0 Å². The van der Waals surface area contributed by atoms with E-state index in [-0.39, 0.29) is 5.91 Å². The number of nitrogens with zero attached hydrogens (tertiary/aromatic N) is 3. The van der Waals surface area contributed by atoms with E-state index in [2.05, 4.69) is 15.4 Å². The number of ether oxygens (including phenoxy) is 1. The van der Waals surface area contributed by atoms with E-state index in [4.69, 9.17) is 4.74 Å². The molecule has 4 aromatic rings. The van der Waals surface area contributed by atoms with Gasteiger partial charge in [-0.25, -0.2) is 4.98 Å². The van der Waals surface area contributed by atoms with Crippen molar-refractivity contribution in [3.8, 4) is 10.9 Å². The van der Waals surface area contributed by atoms with Crippen LogP contribution >= 0.6 is 23.1 Å². The Bertz CT molecular complexity index is 1150. The lowest BCUT2D eigenvalue weighted by molar-refractivity contribution is 0.102. The summed E-state index contributed by atoms with van der Waals surface area (Å²) in [7, 11) is 1.63. The van der Waals surface area contributed by atoms with Crippen molar-refractivity contribution in [3.05, 3.63) is 59.8 Å². The van der Waals surface area contributed by atoms with Crippen molar-refractivity contribution in [2.45, 2.75) is 11.8 Å². The van der Waals surface area contributed by atoms with E-state index in [0.717, 1.165) is 26.6 Å². The molecule has 2 aromatic heterocycles. The highest BCUT2D eigenvalue weighted by atomic mass is 32.2. The second-order valence-electron chi connectivity index (χ2n) is 6.10. The maximum atomic E-state index is 12.7. The Morgan fingerprint density at radius 1 is 1.18 bits per heavy atom. The molecule has 1 amide bonds. The number of carbonyl (C=O) groups is 1. The zero-order chi connectivity index (χ0) is 19.7. The number of aryl methyl sites for hydroxylation is 1. The first kappa shape index (κ1) is 18.5. The van der Waals surface area contributed by atoms with E-state index >= 15 is 0 Å². The predicted molar refractivity (Wildman–Crippen MR) is 114 cm³/mol. The lowest BCUT2D eigenvalue weighted by atomic mass is 10.2. The molecule has 1 N–H and O–H groups in total. The molecule has 4 rings (SSSR count). The van der Waals surface area contributed by atoms with Gasteiger partial charge < -0.3 is 10.1 Å². The molecule has 0 radical (unpaired) electrons. The maximum Gasteiger partial charge on any atom is 0.256 e. The monoisotopic (exact) mass is 410 g/mol. The summed E-state index contributed by atoms with van der Waals surface area (Å²) in [6, 6.07) is 15.1. The third-order valence-corrected chi connectivity index (χ3v) is 5.95. The molecule has 6 nitrogen and oxygen atoms in total. The summed E-state index contributed by atoms with van der Waals surface area (Å²) in [6.07, 6.45) is 2.00. The summed E-state index contributed by atoms with van der Waals surface area (Å²) in [5.74, 6) is 1.15. The second kappa shape index (κ2) is 7.65. The molecule has 2 aromatic carbocycles. The third-order valence-electron chi connectivity index (χ3n) is 4.19. The Morgan fingerprint density at radius 2 is 1.96 bits per heavy atom. The van der Waals surface area contributed by atoms with Crippen LogP contribution in [0.5, 0.6) is 5.75 Å². The minimum absolute atomic E-state index is 0.184. The van der Waals surface area contributed by atoms with Gasteiger partial charge in [-0.15, -0.1) is 11.8 Å². The van der Waals surface area contributed by atoms with Gasteiger partial charge in [0.1, 0.15) is 11.6 Å². The lowest BCUT2D eigenvalue weighted by Crippen LogP contribution is -2.15. The van der Waals surface area contributed by atoms with E-state index in [1.54, 1.807) is 23.6 Å². The number of thiazole rings is 1. The van der Waals surface area contributed by atoms with Crippen LogP contribution in [0.1, 0.15) is 16.1 Å². The second-order valence-corrected chi connectivity index (χ2v) is 7.98. The Morgan fingerprint density at radius 3 is 2.68 bits per heavy atom. The number of hydrogen-bond donors (Lipinski definition) is 1. The van der Waals surface area contributed by atoms with E-state index in [1.807, 2.05) is 61.7 Å². The number of benzene rings is 2. The van der Waals surface area contributed by atoms with Gasteiger partial charge in [-0.1, -0.05) is 11.3 Å². The van der Waals surface area contributed by atoms with Crippen LogP contribution in [0.4, 0.5) is 5.82 Å². The summed E-state index contributed by atoms with van der Waals surface area (Å²) < 4.78 is 7.96. The summed E-state index contributed by atoms with van der Waals surface area (Å²) in [6.45, 7) is 1.88. The summed E-state index contributed by atoms with van der Waals surface area (Å²) >= 11 is 3.14. The molecule has 0 atom stereocenters. The van der Waals surface area contributed by atoms with Gasteiger partial charge in [0, 0.05) is 22.6 Å². The van der Waals surface area contributed by atoms with Crippen molar-refractivity contribution in [2.75, 3.05) is 18.7 Å². The molecule has 2 heterocycles. The van der Waals surface area contributed by atoms with Crippen molar-refractivity contribution in [3.63, 3.8) is 0 Å². The van der Waals surface area contributed by atoms with Crippen molar-refractivity contribution in [1.29, 1.82) is 0 Å². The fraction of sp³-hybridized carbons (Fsp3) is 0.150. The van der Waals surface area contributed by atoms with Gasteiger partial charge in [-0.2, -0.15) is 9.78 Å². The molecule has 0 spiro atoms. The topological polar surface area (TPSA) is 69.0 Å². The van der Waals surface area contributed by atoms with Crippen molar-refractivity contribution >= 4 is 45.0 Å². The highest BCUT2D eigenvalue weighted by Gasteiger charge is 2.16. The number of methoxy groups -OCH3 is 1. The van der Waals surface area contributed by atoms with Gasteiger partial charge in [0.05, 0.1) is 23.0 Å². The van der Waals surface area contributed by atoms with Gasteiger partial charge in [0.15, 0.2) is 0 Å². The van der Waals surface area contributed by atoms with E-state index < -0.39 is 0 Å². The quantitative estimate of drug-likeness (QED) is 0.480. The standard InChI is InChI=1S/C20H18N4O2S2/c1-12-10-18(22-19(25)13-4-7-15(27-3)8-5-13)24(23-12)20-21-16-11-14(26-2)6-9-17(16)28-20/h4-11H,1-3H3,(H,22,25).